The van der Waals surface area contributed by atoms with Crippen molar-refractivity contribution in [1.82, 2.24) is 15.1 Å². The number of benzene rings is 1. The zero-order valence-corrected chi connectivity index (χ0v) is 14.6. The largest absolute Gasteiger partial charge is 0.341 e. The van der Waals surface area contributed by atoms with Gasteiger partial charge in [-0.05, 0) is 44.7 Å². The number of nitrogens with one attached hydrogen (secondary N) is 1. The number of amides is 3. The first-order valence-corrected chi connectivity index (χ1v) is 8.92. The number of imide groups is 1. The van der Waals surface area contributed by atoms with Crippen molar-refractivity contribution in [2.75, 3.05) is 13.6 Å². The fraction of sp³-hybridized carbons (Fsp3) is 0.526. The summed E-state index contributed by atoms with van der Waals surface area (Å²) in [6.45, 7) is 1.70. The predicted molar refractivity (Wildman–Crippen MR) is 92.3 cm³/mol. The highest BCUT2D eigenvalue weighted by Gasteiger charge is 2.40. The van der Waals surface area contributed by atoms with Crippen LogP contribution in [0.3, 0.4) is 0 Å². The maximum atomic E-state index is 12.7. The number of aryl methyl sites for hydroxylation is 1. The maximum absolute atomic E-state index is 12.7. The van der Waals surface area contributed by atoms with E-state index in [0.717, 1.165) is 23.3 Å². The van der Waals surface area contributed by atoms with Gasteiger partial charge in [-0.15, -0.1) is 0 Å². The number of hydrogen-bond acceptors (Lipinski definition) is 4. The number of carbonyl (C=O) groups is 3. The Balaban J connectivity index is 1.46. The van der Waals surface area contributed by atoms with Crippen LogP contribution in [0.4, 0.5) is 0 Å². The molecule has 25 heavy (non-hydrogen) atoms. The van der Waals surface area contributed by atoms with E-state index in [4.69, 9.17) is 0 Å². The first-order valence-electron chi connectivity index (χ1n) is 8.92. The molecule has 2 saturated heterocycles. The molecule has 6 heteroatoms. The van der Waals surface area contributed by atoms with Gasteiger partial charge < -0.3 is 10.2 Å². The van der Waals surface area contributed by atoms with Crippen LogP contribution >= 0.6 is 0 Å². The minimum absolute atomic E-state index is 0.169. The third-order valence-corrected chi connectivity index (χ3v) is 5.81. The Kier molecular flexibility index (Phi) is 3.87. The molecular weight excluding hydrogens is 318 g/mol. The highest BCUT2D eigenvalue weighted by Crippen LogP contribution is 2.30. The number of carbonyl (C=O) groups excluding carboxylic acids is 3. The molecule has 2 bridgehead atoms. The van der Waals surface area contributed by atoms with Gasteiger partial charge in [0.2, 0.25) is 5.91 Å². The van der Waals surface area contributed by atoms with Gasteiger partial charge in [0.25, 0.3) is 11.8 Å². The van der Waals surface area contributed by atoms with Gasteiger partial charge in [0.05, 0.1) is 11.1 Å². The molecule has 0 spiro atoms. The summed E-state index contributed by atoms with van der Waals surface area (Å²) in [5, 5.41) is 3.56. The van der Waals surface area contributed by atoms with Crippen LogP contribution in [0, 0.1) is 6.92 Å². The van der Waals surface area contributed by atoms with Crippen molar-refractivity contribution >= 4 is 17.7 Å². The second-order valence-corrected chi connectivity index (χ2v) is 7.51. The van der Waals surface area contributed by atoms with Crippen LogP contribution in [0.5, 0.6) is 0 Å². The molecule has 3 aliphatic heterocycles. The van der Waals surface area contributed by atoms with Crippen molar-refractivity contribution in [3.8, 4) is 0 Å². The summed E-state index contributed by atoms with van der Waals surface area (Å²) in [5.41, 5.74) is 1.72. The summed E-state index contributed by atoms with van der Waals surface area (Å²) in [5.74, 6) is -0.902. The molecule has 1 aromatic carbocycles. The van der Waals surface area contributed by atoms with E-state index in [9.17, 15) is 14.4 Å². The Morgan fingerprint density at radius 2 is 1.80 bits per heavy atom. The fourth-order valence-electron chi connectivity index (χ4n) is 4.34. The van der Waals surface area contributed by atoms with Crippen LogP contribution in [-0.4, -0.2) is 59.2 Å². The predicted octanol–water partition coefficient (Wildman–Crippen LogP) is 1.33. The van der Waals surface area contributed by atoms with Gasteiger partial charge in [-0.2, -0.15) is 0 Å². The average molecular weight is 341 g/mol. The fourth-order valence-corrected chi connectivity index (χ4v) is 4.34. The van der Waals surface area contributed by atoms with E-state index in [2.05, 4.69) is 5.32 Å². The van der Waals surface area contributed by atoms with Gasteiger partial charge in [-0.1, -0.05) is 11.6 Å². The number of likely N-dealkylation sites (N-methyl/N-ethyl adjacent to an activating group) is 1. The highest BCUT2D eigenvalue weighted by molar-refractivity contribution is 6.22. The first kappa shape index (κ1) is 16.3. The van der Waals surface area contributed by atoms with Gasteiger partial charge in [-0.25, -0.2) is 0 Å². The number of rotatable bonds is 3. The summed E-state index contributed by atoms with van der Waals surface area (Å²) < 4.78 is 0. The molecule has 2 fully saturated rings. The minimum Gasteiger partial charge on any atom is -0.341 e. The van der Waals surface area contributed by atoms with Crippen molar-refractivity contribution in [1.29, 1.82) is 0 Å². The molecule has 4 rings (SSSR count). The highest BCUT2D eigenvalue weighted by atomic mass is 16.2. The molecule has 2 atom stereocenters. The molecule has 2 unspecified atom stereocenters. The van der Waals surface area contributed by atoms with Gasteiger partial charge >= 0.3 is 0 Å². The molecule has 0 aromatic heterocycles. The Bertz CT molecular complexity index is 748. The Morgan fingerprint density at radius 3 is 2.48 bits per heavy atom. The second kappa shape index (κ2) is 5.95. The molecule has 1 N–H and O–H groups in total. The lowest BCUT2D eigenvalue weighted by atomic mass is 9.98. The van der Waals surface area contributed by atoms with E-state index in [0.29, 0.717) is 23.2 Å². The van der Waals surface area contributed by atoms with E-state index >= 15 is 0 Å². The normalized spacial score (nSPS) is 27.6. The van der Waals surface area contributed by atoms with Crippen LogP contribution in [0.25, 0.3) is 0 Å². The number of piperidine rings is 1. The molecule has 0 radical (unpaired) electrons. The van der Waals surface area contributed by atoms with E-state index in [-0.39, 0.29) is 30.3 Å². The lowest BCUT2D eigenvalue weighted by Gasteiger charge is -2.36. The monoisotopic (exact) mass is 341 g/mol. The zero-order chi connectivity index (χ0) is 17.7. The standard InChI is InChI=1S/C19H23N3O3/c1-11-3-6-15-16(7-11)19(25)22(18(15)24)10-17(23)21(2)14-8-12-4-5-13(9-14)20-12/h3,6-7,12-14,20H,4-5,8-10H2,1-2H3. The molecule has 6 nitrogen and oxygen atoms in total. The smallest absolute Gasteiger partial charge is 0.262 e. The molecule has 1 aromatic rings. The second-order valence-electron chi connectivity index (χ2n) is 7.51. The summed E-state index contributed by atoms with van der Waals surface area (Å²) in [4.78, 5) is 40.5. The summed E-state index contributed by atoms with van der Waals surface area (Å²) in [7, 11) is 1.79. The molecule has 3 heterocycles. The molecule has 3 aliphatic rings. The lowest BCUT2D eigenvalue weighted by molar-refractivity contribution is -0.133. The van der Waals surface area contributed by atoms with E-state index in [1.165, 1.54) is 12.8 Å². The lowest BCUT2D eigenvalue weighted by Crippen LogP contribution is -2.51. The maximum Gasteiger partial charge on any atom is 0.262 e. The average Bonchev–Trinajstić information content (AvgIpc) is 3.05. The van der Waals surface area contributed by atoms with Crippen molar-refractivity contribution < 1.29 is 14.4 Å². The molecular formula is C19H23N3O3. The van der Waals surface area contributed by atoms with Crippen LogP contribution in [-0.2, 0) is 4.79 Å². The zero-order valence-electron chi connectivity index (χ0n) is 14.6. The summed E-state index contributed by atoms with van der Waals surface area (Å²) in [6, 6.07) is 6.36. The number of nitrogens with zero attached hydrogens (tertiary/aromatic N) is 2. The van der Waals surface area contributed by atoms with Crippen molar-refractivity contribution in [2.45, 2.75) is 50.7 Å². The summed E-state index contributed by atoms with van der Waals surface area (Å²) >= 11 is 0. The molecule has 3 amide bonds. The quantitative estimate of drug-likeness (QED) is 0.842. The van der Waals surface area contributed by atoms with Crippen LogP contribution in [0.15, 0.2) is 18.2 Å². The molecule has 132 valence electrons. The van der Waals surface area contributed by atoms with Crippen molar-refractivity contribution in [3.63, 3.8) is 0 Å². The minimum atomic E-state index is -0.368. The van der Waals surface area contributed by atoms with E-state index < -0.39 is 0 Å². The Morgan fingerprint density at radius 1 is 1.16 bits per heavy atom. The topological polar surface area (TPSA) is 69.7 Å². The Hall–Kier alpha value is -2.21. The third kappa shape index (κ3) is 2.74. The SMILES string of the molecule is Cc1ccc2c(c1)C(=O)N(CC(=O)N(C)C1CC3CCC(C1)N3)C2=O. The van der Waals surface area contributed by atoms with Crippen LogP contribution < -0.4 is 5.32 Å². The van der Waals surface area contributed by atoms with Crippen LogP contribution in [0.1, 0.15) is 52.0 Å². The van der Waals surface area contributed by atoms with Crippen LogP contribution in [0.2, 0.25) is 0 Å². The first-order chi connectivity index (χ1) is 11.9. The van der Waals surface area contributed by atoms with Crippen molar-refractivity contribution in [3.05, 3.63) is 34.9 Å². The van der Waals surface area contributed by atoms with Gasteiger partial charge in [-0.3, -0.25) is 19.3 Å². The van der Waals surface area contributed by atoms with E-state index in [1.807, 2.05) is 13.0 Å². The summed E-state index contributed by atoms with van der Waals surface area (Å²) in [6.07, 6.45) is 4.22. The molecule has 0 saturated carbocycles. The van der Waals surface area contributed by atoms with Gasteiger partial charge in [0.15, 0.2) is 0 Å². The molecule has 0 aliphatic carbocycles. The third-order valence-electron chi connectivity index (χ3n) is 5.81. The Labute approximate surface area is 147 Å². The number of hydrogen-bond donors (Lipinski definition) is 1. The number of fused-ring (bicyclic) bond motifs is 3. The van der Waals surface area contributed by atoms with Gasteiger partial charge in [0.1, 0.15) is 6.54 Å². The van der Waals surface area contributed by atoms with E-state index in [1.54, 1.807) is 24.1 Å². The van der Waals surface area contributed by atoms with Crippen molar-refractivity contribution in [2.24, 2.45) is 0 Å². The van der Waals surface area contributed by atoms with Gasteiger partial charge in [0, 0.05) is 25.2 Å².